The van der Waals surface area contributed by atoms with E-state index in [2.05, 4.69) is 27.0 Å². The number of hydrogen-bond donors (Lipinski definition) is 1. The number of aromatic nitrogens is 1. The average Bonchev–Trinajstić information content (AvgIpc) is 3.73. The summed E-state index contributed by atoms with van der Waals surface area (Å²) in [5.41, 5.74) is 2.53. The molecule has 0 radical (unpaired) electrons. The predicted octanol–water partition coefficient (Wildman–Crippen LogP) is 7.76. The molecule has 2 aliphatic carbocycles. The van der Waals surface area contributed by atoms with E-state index < -0.39 is 0 Å². The number of ether oxygens (including phenoxy) is 1. The van der Waals surface area contributed by atoms with E-state index in [4.69, 9.17) is 27.9 Å². The molecule has 5 unspecified atom stereocenters. The van der Waals surface area contributed by atoms with Crippen LogP contribution in [0, 0.1) is 29.6 Å². The molecular formula is C32H23BrCl2N2O4S2. The number of carbonyl (C=O) groups excluding carboxylic acids is 2. The third kappa shape index (κ3) is 4.45. The maximum absolute atomic E-state index is 14.0. The molecule has 4 aromatic rings. The van der Waals surface area contributed by atoms with Crippen LogP contribution in [0.5, 0.6) is 5.75 Å². The number of rotatable bonds is 5. The Labute approximate surface area is 273 Å². The van der Waals surface area contributed by atoms with Crippen LogP contribution in [0.2, 0.25) is 10.0 Å². The zero-order valence-corrected chi connectivity index (χ0v) is 27.1. The zero-order valence-electron chi connectivity index (χ0n) is 22.3. The van der Waals surface area contributed by atoms with Gasteiger partial charge in [0, 0.05) is 36.1 Å². The van der Waals surface area contributed by atoms with Crippen molar-refractivity contribution in [3.05, 3.63) is 107 Å². The Hall–Kier alpha value is -2.56. The number of nitrogens with zero attached hydrogens (tertiary/aromatic N) is 1. The van der Waals surface area contributed by atoms with E-state index in [1.807, 2.05) is 36.4 Å². The monoisotopic (exact) mass is 712 g/mol. The molecule has 2 saturated carbocycles. The standard InChI is InChI=1S/C32H23BrCl2N2O4S2/c33-15-3-10-22(41-13-14-1-4-16(34)5-2-14)19(11-15)23-24-20-12-21(27(24)42-29-28(23)43-32(40)36-29)26-25(20)30(38)37(31(26)39)18-8-6-17(35)7-9-18/h1-11,20-21,23-27H,12-13H2,(H,36,40)/t20-,21-,23?,24?,25?,26?,27?/m1/s1. The van der Waals surface area contributed by atoms with Crippen molar-refractivity contribution in [2.24, 2.45) is 29.6 Å². The van der Waals surface area contributed by atoms with Crippen LogP contribution in [0.15, 0.2) is 81.0 Å². The Morgan fingerprint density at radius 1 is 0.907 bits per heavy atom. The highest BCUT2D eigenvalue weighted by Crippen LogP contribution is 2.69. The number of nitrogens with one attached hydrogen (secondary N) is 1. The number of halogens is 3. The fourth-order valence-corrected chi connectivity index (χ4v) is 11.4. The summed E-state index contributed by atoms with van der Waals surface area (Å²) in [6.07, 6.45) is 0.814. The van der Waals surface area contributed by atoms with Crippen LogP contribution >= 0.6 is 62.2 Å². The summed E-state index contributed by atoms with van der Waals surface area (Å²) in [7, 11) is 0. The number of thiazole rings is 1. The highest BCUT2D eigenvalue weighted by atomic mass is 79.9. The van der Waals surface area contributed by atoms with Gasteiger partial charge in [0.25, 0.3) is 0 Å². The maximum Gasteiger partial charge on any atom is 0.305 e. The number of thioether (sulfide) groups is 1. The maximum atomic E-state index is 14.0. The quantitative estimate of drug-likeness (QED) is 0.214. The molecule has 2 aliphatic heterocycles. The van der Waals surface area contributed by atoms with Gasteiger partial charge in [0.2, 0.25) is 11.8 Å². The van der Waals surface area contributed by atoms with E-state index in [0.29, 0.717) is 22.3 Å². The van der Waals surface area contributed by atoms with E-state index in [9.17, 15) is 14.4 Å². The Morgan fingerprint density at radius 2 is 1.58 bits per heavy atom. The number of imide groups is 1. The van der Waals surface area contributed by atoms with Gasteiger partial charge in [-0.3, -0.25) is 19.3 Å². The molecular weight excluding hydrogens is 691 g/mol. The number of fused-ring (bicyclic) bond motifs is 9. The first-order valence-corrected chi connectivity index (χ1v) is 17.2. The van der Waals surface area contributed by atoms with Gasteiger partial charge in [-0.2, -0.15) is 0 Å². The van der Waals surface area contributed by atoms with E-state index in [0.717, 1.165) is 37.7 Å². The van der Waals surface area contributed by atoms with Crippen molar-refractivity contribution >= 4 is 79.7 Å². The molecule has 43 heavy (non-hydrogen) atoms. The predicted molar refractivity (Wildman–Crippen MR) is 172 cm³/mol. The Morgan fingerprint density at radius 3 is 2.30 bits per heavy atom. The van der Waals surface area contributed by atoms with Crippen LogP contribution in [0.1, 0.15) is 28.3 Å². The lowest BCUT2D eigenvalue weighted by molar-refractivity contribution is -0.123. The third-order valence-electron chi connectivity index (χ3n) is 9.42. The molecule has 1 N–H and O–H groups in total. The second-order valence-corrected chi connectivity index (χ2v) is 15.5. The lowest BCUT2D eigenvalue weighted by Gasteiger charge is -2.43. The second kappa shape index (κ2) is 10.5. The lowest BCUT2D eigenvalue weighted by Crippen LogP contribution is -2.42. The molecule has 2 bridgehead atoms. The first-order chi connectivity index (χ1) is 20.8. The minimum Gasteiger partial charge on any atom is -0.489 e. The normalized spacial score (nSPS) is 28.6. The smallest absolute Gasteiger partial charge is 0.305 e. The number of amides is 2. The first-order valence-electron chi connectivity index (χ1n) is 14.0. The fourth-order valence-electron chi connectivity index (χ4n) is 7.85. The minimum absolute atomic E-state index is 0.000279. The van der Waals surface area contributed by atoms with Gasteiger partial charge in [0.05, 0.1) is 22.5 Å². The van der Waals surface area contributed by atoms with Crippen molar-refractivity contribution in [1.29, 1.82) is 0 Å². The number of benzene rings is 3. The molecule has 7 atom stereocenters. The number of aromatic amines is 1. The Kier molecular flexibility index (Phi) is 6.84. The summed E-state index contributed by atoms with van der Waals surface area (Å²) < 4.78 is 7.34. The molecule has 6 nitrogen and oxygen atoms in total. The summed E-state index contributed by atoms with van der Waals surface area (Å²) in [6.45, 7) is 0.359. The number of hydrogen-bond acceptors (Lipinski definition) is 6. The van der Waals surface area contributed by atoms with Gasteiger partial charge in [-0.15, -0.1) is 11.8 Å². The minimum atomic E-state index is -0.389. The van der Waals surface area contributed by atoms with Crippen LogP contribution < -0.4 is 14.5 Å². The van der Waals surface area contributed by atoms with E-state index in [-0.39, 0.29) is 57.4 Å². The highest BCUT2D eigenvalue weighted by Gasteiger charge is 2.69. The molecule has 2 amide bonds. The summed E-state index contributed by atoms with van der Waals surface area (Å²) in [5, 5.41) is 2.16. The Bertz CT molecular complexity index is 1840. The molecule has 4 aliphatic rings. The number of anilines is 1. The summed E-state index contributed by atoms with van der Waals surface area (Å²) in [5.74, 6) is -0.346. The topological polar surface area (TPSA) is 79.5 Å². The van der Waals surface area contributed by atoms with E-state index >= 15 is 0 Å². The van der Waals surface area contributed by atoms with Gasteiger partial charge < -0.3 is 9.72 Å². The number of carbonyl (C=O) groups is 2. The number of H-pyrrole nitrogens is 1. The molecule has 3 fully saturated rings. The van der Waals surface area contributed by atoms with Gasteiger partial charge in [-0.1, -0.05) is 62.6 Å². The summed E-state index contributed by atoms with van der Waals surface area (Å²) in [4.78, 5) is 45.9. The molecule has 218 valence electrons. The van der Waals surface area contributed by atoms with Crippen LogP contribution in [-0.2, 0) is 16.2 Å². The SMILES string of the molecule is O=C1C2C(C(=O)N1c1ccc(Cl)cc1)[C@@H]1C[C@H]2C2Sc3[nH]c(=O)sc3C(c3cc(Br)ccc3OCc3ccc(Cl)cc3)C21. The van der Waals surface area contributed by atoms with Crippen LogP contribution in [0.4, 0.5) is 5.69 Å². The zero-order chi connectivity index (χ0) is 29.6. The van der Waals surface area contributed by atoms with Crippen molar-refractivity contribution in [1.82, 2.24) is 4.98 Å². The third-order valence-corrected chi connectivity index (χ3v) is 13.0. The van der Waals surface area contributed by atoms with Crippen molar-refractivity contribution < 1.29 is 14.3 Å². The Balaban J connectivity index is 1.20. The van der Waals surface area contributed by atoms with E-state index in [1.165, 1.54) is 16.2 Å². The average molecular weight is 714 g/mol. The van der Waals surface area contributed by atoms with Crippen molar-refractivity contribution in [3.8, 4) is 5.75 Å². The highest BCUT2D eigenvalue weighted by molar-refractivity contribution is 9.10. The molecule has 3 heterocycles. The van der Waals surface area contributed by atoms with Gasteiger partial charge in [0.15, 0.2) is 0 Å². The summed E-state index contributed by atoms with van der Waals surface area (Å²) in [6, 6.07) is 20.4. The first kappa shape index (κ1) is 28.0. The van der Waals surface area contributed by atoms with Crippen molar-refractivity contribution in [3.63, 3.8) is 0 Å². The molecule has 0 spiro atoms. The largest absolute Gasteiger partial charge is 0.489 e. The molecule has 3 aromatic carbocycles. The van der Waals surface area contributed by atoms with Crippen LogP contribution in [0.3, 0.4) is 0 Å². The van der Waals surface area contributed by atoms with Gasteiger partial charge in [-0.25, -0.2) is 0 Å². The van der Waals surface area contributed by atoms with Gasteiger partial charge in [-0.05, 0) is 84.3 Å². The lowest BCUT2D eigenvalue weighted by atomic mass is 9.68. The van der Waals surface area contributed by atoms with Gasteiger partial charge >= 0.3 is 4.87 Å². The van der Waals surface area contributed by atoms with Crippen molar-refractivity contribution in [2.75, 3.05) is 4.90 Å². The summed E-state index contributed by atoms with van der Waals surface area (Å²) >= 11 is 18.8. The molecule has 11 heteroatoms. The molecule has 8 rings (SSSR count). The fraction of sp³-hybridized carbons (Fsp3) is 0.281. The van der Waals surface area contributed by atoms with Crippen LogP contribution in [0.25, 0.3) is 0 Å². The van der Waals surface area contributed by atoms with E-state index in [1.54, 1.807) is 36.0 Å². The molecule has 1 aromatic heterocycles. The molecule has 1 saturated heterocycles. The second-order valence-electron chi connectivity index (χ2n) is 11.5. The van der Waals surface area contributed by atoms with Gasteiger partial charge in [0.1, 0.15) is 12.4 Å². The van der Waals surface area contributed by atoms with Crippen molar-refractivity contribution in [2.45, 2.75) is 29.2 Å². The van der Waals surface area contributed by atoms with Crippen LogP contribution in [-0.4, -0.2) is 22.0 Å².